The molecule has 0 atom stereocenters. The zero-order chi connectivity index (χ0) is 14.5. The van der Waals surface area contributed by atoms with E-state index < -0.39 is 5.82 Å². The second-order valence-corrected chi connectivity index (χ2v) is 4.26. The van der Waals surface area contributed by atoms with Crippen LogP contribution in [-0.2, 0) is 0 Å². The minimum Gasteiger partial charge on any atom is -0.241 e. The summed E-state index contributed by atoms with van der Waals surface area (Å²) in [5.41, 5.74) is 2.11. The summed E-state index contributed by atoms with van der Waals surface area (Å²) in [7, 11) is 0. The minimum atomic E-state index is -0.579. The Morgan fingerprint density at radius 2 is 1.80 bits per heavy atom. The van der Waals surface area contributed by atoms with Crippen LogP contribution < -0.4 is 0 Å². The summed E-state index contributed by atoms with van der Waals surface area (Å²) in [5, 5.41) is 17.2. The first-order valence-electron chi connectivity index (χ1n) is 5.57. The van der Waals surface area contributed by atoms with E-state index in [2.05, 4.69) is 4.98 Å². The van der Waals surface area contributed by atoms with E-state index in [1.54, 1.807) is 36.4 Å². The van der Waals surface area contributed by atoms with E-state index in [0.29, 0.717) is 11.1 Å². The highest BCUT2D eigenvalue weighted by Gasteiger charge is 2.04. The molecular formula is C15H7ClFN3. The summed E-state index contributed by atoms with van der Waals surface area (Å²) in [6.07, 6.45) is 2.96. The summed E-state index contributed by atoms with van der Waals surface area (Å²) in [6.45, 7) is 0. The molecule has 0 spiro atoms. The molecule has 0 aliphatic carbocycles. The number of rotatable bonds is 2. The molecule has 1 aromatic carbocycles. The van der Waals surface area contributed by atoms with Crippen molar-refractivity contribution in [3.8, 4) is 23.3 Å². The first kappa shape index (κ1) is 13.7. The van der Waals surface area contributed by atoms with Crippen LogP contribution >= 0.6 is 11.6 Å². The van der Waals surface area contributed by atoms with Gasteiger partial charge in [0.05, 0.1) is 0 Å². The molecule has 0 saturated heterocycles. The predicted octanol–water partition coefficient (Wildman–Crippen LogP) is 3.97. The second-order valence-electron chi connectivity index (χ2n) is 3.90. The van der Waals surface area contributed by atoms with Gasteiger partial charge in [0.2, 0.25) is 0 Å². The SMILES string of the molecule is N#CC(C#N)=Cc1ccc(-c2cnc(Cl)c(F)c2)cc1. The Kier molecular flexibility index (Phi) is 4.10. The molecular weight excluding hydrogens is 277 g/mol. The van der Waals surface area contributed by atoms with Crippen molar-refractivity contribution in [1.29, 1.82) is 10.5 Å². The number of benzene rings is 1. The van der Waals surface area contributed by atoms with Crippen molar-refractivity contribution in [2.24, 2.45) is 0 Å². The molecule has 0 saturated carbocycles. The molecule has 3 nitrogen and oxygen atoms in total. The summed E-state index contributed by atoms with van der Waals surface area (Å²) in [4.78, 5) is 3.74. The van der Waals surface area contributed by atoms with E-state index in [1.165, 1.54) is 18.3 Å². The molecule has 5 heteroatoms. The fourth-order valence-corrected chi connectivity index (χ4v) is 1.71. The molecule has 20 heavy (non-hydrogen) atoms. The molecule has 2 aromatic rings. The van der Waals surface area contributed by atoms with Gasteiger partial charge in [-0.05, 0) is 23.3 Å². The molecule has 96 valence electrons. The van der Waals surface area contributed by atoms with Gasteiger partial charge in [0.1, 0.15) is 17.7 Å². The van der Waals surface area contributed by atoms with Gasteiger partial charge >= 0.3 is 0 Å². The summed E-state index contributed by atoms with van der Waals surface area (Å²) in [6, 6.07) is 11.8. The first-order valence-corrected chi connectivity index (χ1v) is 5.95. The molecule has 0 amide bonds. The van der Waals surface area contributed by atoms with Gasteiger partial charge in [0, 0.05) is 11.8 Å². The van der Waals surface area contributed by atoms with E-state index in [1.807, 2.05) is 0 Å². The monoisotopic (exact) mass is 283 g/mol. The van der Waals surface area contributed by atoms with Crippen LogP contribution in [0.2, 0.25) is 5.15 Å². The molecule has 0 aliphatic rings. The van der Waals surface area contributed by atoms with Crippen molar-refractivity contribution in [3.05, 3.63) is 58.6 Å². The average Bonchev–Trinajstić information content (AvgIpc) is 2.48. The number of halogens is 2. The van der Waals surface area contributed by atoms with Gasteiger partial charge in [-0.25, -0.2) is 9.37 Å². The van der Waals surface area contributed by atoms with E-state index in [-0.39, 0.29) is 10.7 Å². The van der Waals surface area contributed by atoms with Gasteiger partial charge in [-0.1, -0.05) is 35.9 Å². The smallest absolute Gasteiger partial charge is 0.164 e. The largest absolute Gasteiger partial charge is 0.241 e. The molecule has 2 rings (SSSR count). The third-order valence-electron chi connectivity index (χ3n) is 2.59. The predicted molar refractivity (Wildman–Crippen MR) is 73.8 cm³/mol. The standard InChI is InChI=1S/C15H7ClFN3/c16-15-14(17)6-13(9-20-15)12-3-1-10(2-4-12)5-11(7-18)8-19/h1-6,9H. The molecule has 1 heterocycles. The summed E-state index contributed by atoms with van der Waals surface area (Å²) < 4.78 is 13.3. The van der Waals surface area contributed by atoms with Gasteiger partial charge in [0.15, 0.2) is 11.0 Å². The zero-order valence-electron chi connectivity index (χ0n) is 10.1. The highest BCUT2D eigenvalue weighted by atomic mass is 35.5. The Bertz CT molecular complexity index is 736. The van der Waals surface area contributed by atoms with Crippen LogP contribution in [0.4, 0.5) is 4.39 Å². The second kappa shape index (κ2) is 5.97. The fraction of sp³-hybridized carbons (Fsp3) is 0. The maximum Gasteiger partial charge on any atom is 0.164 e. The van der Waals surface area contributed by atoms with Crippen molar-refractivity contribution in [3.63, 3.8) is 0 Å². The van der Waals surface area contributed by atoms with Gasteiger partial charge < -0.3 is 0 Å². The van der Waals surface area contributed by atoms with Crippen molar-refractivity contribution < 1.29 is 4.39 Å². The lowest BCUT2D eigenvalue weighted by molar-refractivity contribution is 0.622. The number of pyridine rings is 1. The Labute approximate surface area is 120 Å². The van der Waals surface area contributed by atoms with Crippen LogP contribution in [0.3, 0.4) is 0 Å². The van der Waals surface area contributed by atoms with Crippen molar-refractivity contribution >= 4 is 17.7 Å². The minimum absolute atomic E-state index is 0.0250. The maximum atomic E-state index is 13.3. The van der Waals surface area contributed by atoms with E-state index in [9.17, 15) is 4.39 Å². The zero-order valence-corrected chi connectivity index (χ0v) is 10.9. The Balaban J connectivity index is 2.34. The first-order chi connectivity index (χ1) is 9.63. The van der Waals surface area contributed by atoms with Gasteiger partial charge in [-0.2, -0.15) is 10.5 Å². The third-order valence-corrected chi connectivity index (χ3v) is 2.87. The lowest BCUT2D eigenvalue weighted by Gasteiger charge is -2.03. The maximum absolute atomic E-state index is 13.3. The quantitative estimate of drug-likeness (QED) is 0.619. The molecule has 0 aliphatic heterocycles. The number of nitrogens with zero attached hydrogens (tertiary/aromatic N) is 3. The number of hydrogen-bond acceptors (Lipinski definition) is 3. The van der Waals surface area contributed by atoms with Crippen molar-refractivity contribution in [1.82, 2.24) is 4.98 Å². The summed E-state index contributed by atoms with van der Waals surface area (Å²) >= 11 is 5.53. The molecule has 0 fully saturated rings. The number of nitriles is 2. The van der Waals surface area contributed by atoms with Crippen LogP contribution in [-0.4, -0.2) is 4.98 Å². The van der Waals surface area contributed by atoms with Crippen LogP contribution in [0.5, 0.6) is 0 Å². The van der Waals surface area contributed by atoms with E-state index >= 15 is 0 Å². The van der Waals surface area contributed by atoms with Crippen molar-refractivity contribution in [2.75, 3.05) is 0 Å². The van der Waals surface area contributed by atoms with Crippen LogP contribution in [0.25, 0.3) is 17.2 Å². The lowest BCUT2D eigenvalue weighted by Crippen LogP contribution is -1.86. The molecule has 1 aromatic heterocycles. The molecule has 0 N–H and O–H groups in total. The number of aromatic nitrogens is 1. The Morgan fingerprint density at radius 3 is 2.35 bits per heavy atom. The Hall–Kier alpha value is -2.69. The molecule has 0 bridgehead atoms. The summed E-state index contributed by atoms with van der Waals surface area (Å²) in [5.74, 6) is -0.579. The fourth-order valence-electron chi connectivity index (χ4n) is 1.61. The van der Waals surface area contributed by atoms with E-state index in [0.717, 1.165) is 5.56 Å². The van der Waals surface area contributed by atoms with Crippen LogP contribution in [0.15, 0.2) is 42.1 Å². The average molecular weight is 284 g/mol. The number of allylic oxidation sites excluding steroid dienone is 1. The molecule has 0 radical (unpaired) electrons. The van der Waals surface area contributed by atoms with Crippen molar-refractivity contribution in [2.45, 2.75) is 0 Å². The van der Waals surface area contributed by atoms with E-state index in [4.69, 9.17) is 22.1 Å². The highest BCUT2D eigenvalue weighted by Crippen LogP contribution is 2.23. The third kappa shape index (κ3) is 3.00. The Morgan fingerprint density at radius 1 is 1.15 bits per heavy atom. The van der Waals surface area contributed by atoms with Gasteiger partial charge in [-0.3, -0.25) is 0 Å². The highest BCUT2D eigenvalue weighted by molar-refractivity contribution is 6.29. The topological polar surface area (TPSA) is 60.5 Å². The molecule has 0 unspecified atom stereocenters. The van der Waals surface area contributed by atoms with Gasteiger partial charge in [0.25, 0.3) is 0 Å². The van der Waals surface area contributed by atoms with Crippen LogP contribution in [0, 0.1) is 28.5 Å². The number of hydrogen-bond donors (Lipinski definition) is 0. The van der Waals surface area contributed by atoms with Crippen LogP contribution in [0.1, 0.15) is 5.56 Å². The lowest BCUT2D eigenvalue weighted by atomic mass is 10.0. The normalized spacial score (nSPS) is 9.40. The van der Waals surface area contributed by atoms with Gasteiger partial charge in [-0.15, -0.1) is 0 Å².